The molecule has 1 rings (SSSR count). The van der Waals surface area contributed by atoms with Gasteiger partial charge in [0.25, 0.3) is 0 Å². The average Bonchev–Trinajstić information content (AvgIpc) is 2.60. The summed E-state index contributed by atoms with van der Waals surface area (Å²) in [6, 6.07) is 0. The zero-order chi connectivity index (χ0) is 15.3. The van der Waals surface area contributed by atoms with E-state index < -0.39 is 51.8 Å². The predicted molar refractivity (Wildman–Crippen MR) is 61.0 cm³/mol. The van der Waals surface area contributed by atoms with Crippen LogP contribution in [0.4, 0.5) is 13.2 Å². The Morgan fingerprint density at radius 3 is 2.00 bits per heavy atom. The Morgan fingerprint density at radius 1 is 1.26 bits per heavy atom. The first kappa shape index (κ1) is 16.2. The fourth-order valence-electron chi connectivity index (χ4n) is 1.89. The number of carboxylic acids is 1. The van der Waals surface area contributed by atoms with Gasteiger partial charge < -0.3 is 5.11 Å². The molecule has 0 aromatic rings. The van der Waals surface area contributed by atoms with E-state index >= 15 is 0 Å². The monoisotopic (exact) mass is 303 g/mol. The number of nitrogens with zero attached hydrogens (tertiary/aromatic N) is 1. The third kappa shape index (κ3) is 2.45. The van der Waals surface area contributed by atoms with Gasteiger partial charge in [-0.1, -0.05) is 0 Å². The highest BCUT2D eigenvalue weighted by atomic mass is 32.2. The molecule has 0 aromatic carbocycles. The maximum Gasteiger partial charge on any atom is 0.406 e. The van der Waals surface area contributed by atoms with Crippen LogP contribution in [-0.4, -0.2) is 47.8 Å². The van der Waals surface area contributed by atoms with Gasteiger partial charge in [0.05, 0.1) is 4.75 Å². The van der Waals surface area contributed by atoms with Gasteiger partial charge in [0, 0.05) is 13.1 Å². The lowest BCUT2D eigenvalue weighted by molar-refractivity contribution is -0.226. The molecule has 0 spiro atoms. The number of hydrogen-bond donors (Lipinski definition) is 1. The van der Waals surface area contributed by atoms with Crippen LogP contribution in [0.1, 0.15) is 27.2 Å². The minimum Gasteiger partial charge on any atom is -0.481 e. The summed E-state index contributed by atoms with van der Waals surface area (Å²) in [7, 11) is -3.97. The predicted octanol–water partition coefficient (Wildman–Crippen LogP) is 1.45. The van der Waals surface area contributed by atoms with Gasteiger partial charge in [-0.2, -0.15) is 17.5 Å². The van der Waals surface area contributed by atoms with Crippen LogP contribution in [0.5, 0.6) is 0 Å². The van der Waals surface area contributed by atoms with Crippen LogP contribution in [-0.2, 0) is 14.8 Å². The highest BCUT2D eigenvalue weighted by Crippen LogP contribution is 2.47. The van der Waals surface area contributed by atoms with E-state index in [0.29, 0.717) is 4.31 Å². The van der Waals surface area contributed by atoms with E-state index in [0.717, 1.165) is 0 Å². The van der Waals surface area contributed by atoms with Crippen LogP contribution in [0.3, 0.4) is 0 Å². The van der Waals surface area contributed by atoms with Gasteiger partial charge in [-0.05, 0) is 27.2 Å². The molecule has 5 nitrogen and oxygen atoms in total. The minimum absolute atomic E-state index is 0.439. The molecule has 1 fully saturated rings. The minimum atomic E-state index is -4.99. The van der Waals surface area contributed by atoms with Crippen molar-refractivity contribution < 1.29 is 31.5 Å². The molecule has 19 heavy (non-hydrogen) atoms. The van der Waals surface area contributed by atoms with Gasteiger partial charge in [-0.25, -0.2) is 8.42 Å². The van der Waals surface area contributed by atoms with Crippen LogP contribution in [0.25, 0.3) is 0 Å². The summed E-state index contributed by atoms with van der Waals surface area (Å²) >= 11 is 0. The zero-order valence-electron chi connectivity index (χ0n) is 10.8. The molecule has 0 aromatic heterocycles. The van der Waals surface area contributed by atoms with E-state index in [4.69, 9.17) is 5.11 Å². The van der Waals surface area contributed by atoms with Crippen molar-refractivity contribution in [3.63, 3.8) is 0 Å². The quantitative estimate of drug-likeness (QED) is 0.838. The molecule has 112 valence electrons. The van der Waals surface area contributed by atoms with Gasteiger partial charge in [-0.15, -0.1) is 0 Å². The van der Waals surface area contributed by atoms with E-state index in [1.165, 1.54) is 20.8 Å². The fraction of sp³-hybridized carbons (Fsp3) is 0.900. The highest BCUT2D eigenvalue weighted by molar-refractivity contribution is 7.90. The van der Waals surface area contributed by atoms with Crippen molar-refractivity contribution in [2.45, 2.75) is 38.1 Å². The molecule has 1 aliphatic heterocycles. The number of alkyl halides is 3. The number of carbonyl (C=O) groups is 1. The number of sulfonamides is 1. The molecule has 1 unspecified atom stereocenters. The van der Waals surface area contributed by atoms with Crippen LogP contribution < -0.4 is 0 Å². The van der Waals surface area contributed by atoms with Crippen molar-refractivity contribution in [2.24, 2.45) is 5.41 Å². The molecule has 0 saturated carbocycles. The summed E-state index contributed by atoms with van der Waals surface area (Å²) in [6.45, 7) is 2.57. The van der Waals surface area contributed by atoms with E-state index in [2.05, 4.69) is 0 Å². The number of rotatable bonds is 2. The maximum absolute atomic E-state index is 12.9. The summed E-state index contributed by atoms with van der Waals surface area (Å²) in [4.78, 5) is 11.0. The number of aliphatic carboxylic acids is 1. The molecule has 1 N–H and O–H groups in total. The Labute approximate surface area is 109 Å². The van der Waals surface area contributed by atoms with Gasteiger partial charge in [-0.3, -0.25) is 4.79 Å². The first-order chi connectivity index (χ1) is 8.26. The Balaban J connectivity index is 3.16. The lowest BCUT2D eigenvalue weighted by atomic mass is 9.86. The molecule has 1 heterocycles. The molecule has 9 heteroatoms. The van der Waals surface area contributed by atoms with Crippen molar-refractivity contribution >= 4 is 16.0 Å². The molecule has 1 aliphatic rings. The third-order valence-corrected chi connectivity index (χ3v) is 5.84. The SMILES string of the molecule is CC(C)(C)S(=O)(=O)N1CCC(C(=O)O)(C(F)(F)F)C1. The molecule has 0 bridgehead atoms. The Kier molecular flexibility index (Phi) is 3.70. The topological polar surface area (TPSA) is 74.7 Å². The van der Waals surface area contributed by atoms with Crippen LogP contribution in [0.2, 0.25) is 0 Å². The zero-order valence-corrected chi connectivity index (χ0v) is 11.6. The molecule has 1 atom stereocenters. The number of hydrogen-bond acceptors (Lipinski definition) is 3. The maximum atomic E-state index is 12.9. The Bertz CT molecular complexity index is 480. The first-order valence-corrected chi connectivity index (χ1v) is 6.99. The molecule has 0 aliphatic carbocycles. The number of halogens is 3. The van der Waals surface area contributed by atoms with Crippen LogP contribution in [0, 0.1) is 5.41 Å². The van der Waals surface area contributed by atoms with Crippen molar-refractivity contribution in [1.82, 2.24) is 4.31 Å². The largest absolute Gasteiger partial charge is 0.481 e. The van der Waals surface area contributed by atoms with Gasteiger partial charge >= 0.3 is 12.1 Å². The summed E-state index contributed by atoms with van der Waals surface area (Å²) in [5, 5.41) is 8.84. The molecular weight excluding hydrogens is 287 g/mol. The second-order valence-electron chi connectivity index (χ2n) is 5.59. The lowest BCUT2D eigenvalue weighted by Crippen LogP contribution is -2.49. The molecule has 0 radical (unpaired) electrons. The van der Waals surface area contributed by atoms with E-state index in [1.54, 1.807) is 0 Å². The highest BCUT2D eigenvalue weighted by Gasteiger charge is 2.65. The standard InChI is InChI=1S/C10H16F3NO4S/c1-8(2,3)19(17,18)14-5-4-9(6-14,7(15)16)10(11,12)13/h4-6H2,1-3H3,(H,15,16). The molecule has 0 amide bonds. The summed E-state index contributed by atoms with van der Waals surface area (Å²) in [5.74, 6) is -2.04. The van der Waals surface area contributed by atoms with Crippen molar-refractivity contribution in [3.8, 4) is 0 Å². The van der Waals surface area contributed by atoms with Gasteiger partial charge in [0.15, 0.2) is 5.41 Å². The van der Waals surface area contributed by atoms with E-state index in [9.17, 15) is 26.4 Å². The van der Waals surface area contributed by atoms with E-state index in [-0.39, 0.29) is 0 Å². The van der Waals surface area contributed by atoms with Crippen LogP contribution in [0.15, 0.2) is 0 Å². The fourth-order valence-corrected chi connectivity index (χ4v) is 3.39. The average molecular weight is 303 g/mol. The van der Waals surface area contributed by atoms with Crippen LogP contribution >= 0.6 is 0 Å². The van der Waals surface area contributed by atoms with E-state index in [1.807, 2.05) is 0 Å². The van der Waals surface area contributed by atoms with Crippen molar-refractivity contribution in [1.29, 1.82) is 0 Å². The lowest BCUT2D eigenvalue weighted by Gasteiger charge is -2.30. The molecular formula is C10H16F3NO4S. The summed E-state index contributed by atoms with van der Waals surface area (Å²) < 4.78 is 62.2. The second kappa shape index (κ2) is 4.34. The first-order valence-electron chi connectivity index (χ1n) is 5.55. The van der Waals surface area contributed by atoms with Crippen molar-refractivity contribution in [3.05, 3.63) is 0 Å². The summed E-state index contributed by atoms with van der Waals surface area (Å²) in [6.07, 6.45) is -5.75. The third-order valence-electron chi connectivity index (χ3n) is 3.30. The Hall–Kier alpha value is -0.830. The second-order valence-corrected chi connectivity index (χ2v) is 8.28. The van der Waals surface area contributed by atoms with Gasteiger partial charge in [0.1, 0.15) is 0 Å². The Morgan fingerprint density at radius 2 is 1.74 bits per heavy atom. The molecule has 1 saturated heterocycles. The number of carboxylic acid groups (broad SMARTS) is 1. The smallest absolute Gasteiger partial charge is 0.406 e. The summed E-state index contributed by atoms with van der Waals surface area (Å²) in [5.41, 5.74) is -3.01. The normalized spacial score (nSPS) is 26.6. The van der Waals surface area contributed by atoms with Gasteiger partial charge in [0.2, 0.25) is 10.0 Å². The van der Waals surface area contributed by atoms with Crippen molar-refractivity contribution in [2.75, 3.05) is 13.1 Å².